The van der Waals surface area contributed by atoms with E-state index in [1.165, 1.54) is 17.0 Å². The van der Waals surface area contributed by atoms with Crippen molar-refractivity contribution in [3.63, 3.8) is 0 Å². The first-order chi connectivity index (χ1) is 22.9. The third-order valence-electron chi connectivity index (χ3n) is 8.59. The minimum atomic E-state index is -4.22. The monoisotopic (exact) mass is 653 g/mol. The summed E-state index contributed by atoms with van der Waals surface area (Å²) in [4.78, 5) is 30.3. The van der Waals surface area contributed by atoms with Crippen molar-refractivity contribution < 1.29 is 27.5 Å². The third-order valence-corrected chi connectivity index (χ3v) is 10.4. The molecule has 0 unspecified atom stereocenters. The second-order valence-electron chi connectivity index (χ2n) is 11.9. The number of ether oxygens (including phenoxy) is 2. The van der Waals surface area contributed by atoms with Crippen LogP contribution < -0.4 is 19.1 Å². The van der Waals surface area contributed by atoms with Gasteiger partial charge in [0.15, 0.2) is 11.5 Å². The zero-order valence-electron chi connectivity index (χ0n) is 26.2. The number of carbonyl (C=O) groups excluding carboxylic acids is 2. The largest absolute Gasteiger partial charge is 0.486 e. The first kappa shape index (κ1) is 32.1. The van der Waals surface area contributed by atoms with Crippen molar-refractivity contribution in [2.24, 2.45) is 0 Å². The number of rotatable bonds is 12. The molecule has 2 amide bonds. The van der Waals surface area contributed by atoms with E-state index in [4.69, 9.17) is 9.47 Å². The van der Waals surface area contributed by atoms with Crippen LogP contribution in [0.1, 0.15) is 36.8 Å². The van der Waals surface area contributed by atoms with Crippen LogP contribution in [0.4, 0.5) is 5.69 Å². The van der Waals surface area contributed by atoms with Gasteiger partial charge in [-0.05, 0) is 48.2 Å². The summed E-state index contributed by atoms with van der Waals surface area (Å²) in [5.41, 5.74) is 1.97. The van der Waals surface area contributed by atoms with E-state index in [0.717, 1.165) is 41.1 Å². The van der Waals surface area contributed by atoms with Crippen molar-refractivity contribution in [1.82, 2.24) is 10.2 Å². The fourth-order valence-corrected chi connectivity index (χ4v) is 7.56. The van der Waals surface area contributed by atoms with Crippen molar-refractivity contribution in [1.29, 1.82) is 0 Å². The molecular formula is C37H39N3O6S. The van der Waals surface area contributed by atoms with Gasteiger partial charge in [-0.25, -0.2) is 8.42 Å². The second-order valence-corrected chi connectivity index (χ2v) is 13.7. The van der Waals surface area contributed by atoms with Crippen LogP contribution in [0.5, 0.6) is 11.5 Å². The molecule has 1 aliphatic heterocycles. The lowest BCUT2D eigenvalue weighted by atomic mass is 10.0. The Labute approximate surface area is 276 Å². The third kappa shape index (κ3) is 7.77. The van der Waals surface area contributed by atoms with Crippen LogP contribution >= 0.6 is 0 Å². The standard InChI is InChI=1S/C37H39N3O6S/c41-36(27-40(47(43,44)32-18-8-3-9-19-32)31-20-21-34-35(25-31)46-23-22-45-34)39(26-29-14-6-2-7-15-29)33(24-28-12-4-1-5-13-28)37(42)38-30-16-10-11-17-30/h1-9,12-15,18-21,25,30,33H,10-11,16-17,22-24,26-27H2,(H,38,42)/t33-/m1/s1. The van der Waals surface area contributed by atoms with E-state index in [2.05, 4.69) is 5.32 Å². The summed E-state index contributed by atoms with van der Waals surface area (Å²) < 4.78 is 41.0. The van der Waals surface area contributed by atoms with Gasteiger partial charge in [0.25, 0.3) is 10.0 Å². The van der Waals surface area contributed by atoms with Gasteiger partial charge in [-0.2, -0.15) is 0 Å². The number of nitrogens with zero attached hydrogens (tertiary/aromatic N) is 2. The van der Waals surface area contributed by atoms with Crippen LogP contribution in [0.25, 0.3) is 0 Å². The molecule has 1 aliphatic carbocycles. The highest BCUT2D eigenvalue weighted by Crippen LogP contribution is 2.36. The van der Waals surface area contributed by atoms with Gasteiger partial charge in [0.2, 0.25) is 11.8 Å². The number of hydrogen-bond donors (Lipinski definition) is 1. The Morgan fingerprint density at radius 1 is 0.766 bits per heavy atom. The average Bonchev–Trinajstić information content (AvgIpc) is 3.62. The summed E-state index contributed by atoms with van der Waals surface area (Å²) >= 11 is 0. The molecule has 1 saturated carbocycles. The molecule has 1 N–H and O–H groups in total. The van der Waals surface area contributed by atoms with Gasteiger partial charge in [-0.15, -0.1) is 0 Å². The molecule has 1 heterocycles. The summed E-state index contributed by atoms with van der Waals surface area (Å²) in [5.74, 6) is 0.140. The molecule has 0 aromatic heterocycles. The number of carbonyl (C=O) groups is 2. The van der Waals surface area contributed by atoms with Gasteiger partial charge >= 0.3 is 0 Å². The van der Waals surface area contributed by atoms with Crippen molar-refractivity contribution in [2.45, 2.75) is 55.6 Å². The number of hydrogen-bond acceptors (Lipinski definition) is 6. The van der Waals surface area contributed by atoms with Gasteiger partial charge in [0, 0.05) is 25.1 Å². The molecule has 0 radical (unpaired) electrons. The molecule has 0 bridgehead atoms. The van der Waals surface area contributed by atoms with E-state index in [9.17, 15) is 18.0 Å². The maximum atomic E-state index is 14.7. The predicted octanol–water partition coefficient (Wildman–Crippen LogP) is 5.35. The Hall–Kier alpha value is -4.83. The van der Waals surface area contributed by atoms with Crippen molar-refractivity contribution in [2.75, 3.05) is 24.1 Å². The lowest BCUT2D eigenvalue weighted by Gasteiger charge is -2.34. The molecule has 6 rings (SSSR count). The summed E-state index contributed by atoms with van der Waals surface area (Å²) in [5, 5.41) is 3.20. The second kappa shape index (κ2) is 14.7. The summed E-state index contributed by atoms with van der Waals surface area (Å²) in [6.07, 6.45) is 4.15. The molecule has 1 atom stereocenters. The van der Waals surface area contributed by atoms with Crippen LogP contribution in [-0.2, 0) is 32.6 Å². The fraction of sp³-hybridized carbons (Fsp3) is 0.297. The van der Waals surface area contributed by atoms with Crippen molar-refractivity contribution in [3.8, 4) is 11.5 Å². The highest BCUT2D eigenvalue weighted by atomic mass is 32.2. The topological polar surface area (TPSA) is 105 Å². The molecule has 10 heteroatoms. The Morgan fingerprint density at radius 3 is 2.02 bits per heavy atom. The Morgan fingerprint density at radius 2 is 1.36 bits per heavy atom. The lowest BCUT2D eigenvalue weighted by Crippen LogP contribution is -2.54. The number of anilines is 1. The molecule has 0 spiro atoms. The number of nitrogens with one attached hydrogen (secondary N) is 1. The molecule has 9 nitrogen and oxygen atoms in total. The van der Waals surface area contributed by atoms with Crippen LogP contribution in [0, 0.1) is 0 Å². The van der Waals surface area contributed by atoms with Crippen molar-refractivity contribution >= 4 is 27.5 Å². The smallest absolute Gasteiger partial charge is 0.264 e. The number of fused-ring (bicyclic) bond motifs is 1. The van der Waals surface area contributed by atoms with Crippen molar-refractivity contribution in [3.05, 3.63) is 120 Å². The predicted molar refractivity (Wildman–Crippen MR) is 180 cm³/mol. The minimum Gasteiger partial charge on any atom is -0.486 e. The fourth-order valence-electron chi connectivity index (χ4n) is 6.14. The molecule has 1 fully saturated rings. The van der Waals surface area contributed by atoms with E-state index < -0.39 is 28.5 Å². The maximum absolute atomic E-state index is 14.7. The normalized spacial score (nSPS) is 15.1. The first-order valence-corrected chi connectivity index (χ1v) is 17.5. The zero-order chi connectivity index (χ0) is 32.6. The van der Waals surface area contributed by atoms with E-state index in [0.29, 0.717) is 24.7 Å². The first-order valence-electron chi connectivity index (χ1n) is 16.0. The Kier molecular flexibility index (Phi) is 10.1. The Bertz CT molecular complexity index is 1760. The molecule has 244 valence electrons. The number of sulfonamides is 1. The van der Waals surface area contributed by atoms with Gasteiger partial charge in [-0.3, -0.25) is 13.9 Å². The van der Waals surface area contributed by atoms with Gasteiger partial charge in [0.05, 0.1) is 10.6 Å². The Balaban J connectivity index is 1.40. The summed E-state index contributed by atoms with van der Waals surface area (Å²) in [6, 6.07) is 31.0. The van der Waals surface area contributed by atoms with E-state index in [-0.39, 0.29) is 35.5 Å². The van der Waals surface area contributed by atoms with Gasteiger partial charge < -0.3 is 19.7 Å². The van der Waals surface area contributed by atoms with Crippen LogP contribution in [0.2, 0.25) is 0 Å². The highest BCUT2D eigenvalue weighted by Gasteiger charge is 2.36. The lowest BCUT2D eigenvalue weighted by molar-refractivity contribution is -0.140. The molecule has 2 aliphatic rings. The van der Waals surface area contributed by atoms with E-state index in [1.54, 1.807) is 36.4 Å². The van der Waals surface area contributed by atoms with E-state index >= 15 is 0 Å². The van der Waals surface area contributed by atoms with Crippen LogP contribution in [0.15, 0.2) is 114 Å². The van der Waals surface area contributed by atoms with Crippen LogP contribution in [-0.4, -0.2) is 57.0 Å². The zero-order valence-corrected chi connectivity index (χ0v) is 27.0. The minimum absolute atomic E-state index is 0.0390. The van der Waals surface area contributed by atoms with E-state index in [1.807, 2.05) is 60.7 Å². The average molecular weight is 654 g/mol. The summed E-state index contributed by atoms with van der Waals surface area (Å²) in [7, 11) is -4.22. The SMILES string of the molecule is O=C(NC1CCCC1)[C@@H](Cc1ccccc1)N(Cc1ccccc1)C(=O)CN(c1ccc2c(c1)OCCO2)S(=O)(=O)c1ccccc1. The molecule has 0 saturated heterocycles. The number of benzene rings is 4. The summed E-state index contributed by atoms with van der Waals surface area (Å²) in [6.45, 7) is 0.293. The number of amides is 2. The van der Waals surface area contributed by atoms with Gasteiger partial charge in [0.1, 0.15) is 25.8 Å². The molecule has 47 heavy (non-hydrogen) atoms. The van der Waals surface area contributed by atoms with Crippen LogP contribution in [0.3, 0.4) is 0 Å². The molecule has 4 aromatic rings. The molecular weight excluding hydrogens is 614 g/mol. The maximum Gasteiger partial charge on any atom is 0.264 e. The molecule has 4 aromatic carbocycles. The highest BCUT2D eigenvalue weighted by molar-refractivity contribution is 7.92. The quantitative estimate of drug-likeness (QED) is 0.221. The van der Waals surface area contributed by atoms with Gasteiger partial charge in [-0.1, -0.05) is 91.7 Å².